The molecule has 0 saturated carbocycles. The van der Waals surface area contributed by atoms with Crippen molar-refractivity contribution in [2.75, 3.05) is 78.4 Å². The van der Waals surface area contributed by atoms with Gasteiger partial charge in [-0.3, -0.25) is 19.4 Å². The molecule has 8 rings (SSSR count). The summed E-state index contributed by atoms with van der Waals surface area (Å²) in [5.41, 5.74) is -10.8. The van der Waals surface area contributed by atoms with E-state index in [1.165, 1.54) is 47.7 Å². The molecule has 12 N–H and O–H groups in total. The number of esters is 2. The average molecular weight is 1850 g/mol. The number of methoxy groups -OCH3 is 2. The van der Waals surface area contributed by atoms with Crippen LogP contribution in [-0.4, -0.2) is 321 Å². The van der Waals surface area contributed by atoms with Crippen LogP contribution in [0.3, 0.4) is 0 Å². The second kappa shape index (κ2) is 47.4. The van der Waals surface area contributed by atoms with E-state index in [1.807, 2.05) is 116 Å². The fourth-order valence-electron chi connectivity index (χ4n) is 21.1. The van der Waals surface area contributed by atoms with Crippen molar-refractivity contribution < 1.29 is 127 Å². The summed E-state index contributed by atoms with van der Waals surface area (Å²) in [6.45, 7) is 41.0. The number of likely N-dealkylation sites (N-methyl/N-ethyl adjacent to an activating group) is 2. The molecule has 6 heterocycles. The molecule has 6 fully saturated rings. The van der Waals surface area contributed by atoms with Crippen LogP contribution in [0.5, 0.6) is 0 Å². The summed E-state index contributed by atoms with van der Waals surface area (Å²) < 4.78 is 77.6. The molecule has 6 aliphatic rings. The third-order valence-electron chi connectivity index (χ3n) is 29.9. The van der Waals surface area contributed by atoms with Gasteiger partial charge >= 0.3 is 24.0 Å². The van der Waals surface area contributed by atoms with Gasteiger partial charge in [-0.2, -0.15) is 0 Å². The number of ether oxygens (including phenoxy) is 12. The lowest BCUT2D eigenvalue weighted by atomic mass is 9.75. The minimum absolute atomic E-state index is 0.0555. The molecule has 32 heteroatoms. The molecule has 4 amide bonds. The smallest absolute Gasteiger partial charge is 0.324 e. The summed E-state index contributed by atoms with van der Waals surface area (Å²) >= 11 is 0. The minimum Gasteiger partial charge on any atom is -0.459 e. The van der Waals surface area contributed by atoms with Crippen LogP contribution in [0.1, 0.15) is 242 Å². The molecular weight excluding hydrogens is 1680 g/mol. The summed E-state index contributed by atoms with van der Waals surface area (Å²) in [5.74, 6) is -6.36. The van der Waals surface area contributed by atoms with Gasteiger partial charge in [0.15, 0.2) is 25.2 Å². The monoisotopic (exact) mass is 1850 g/mol. The zero-order valence-corrected chi connectivity index (χ0v) is 83.5. The molecule has 0 radical (unpaired) electrons. The maximum Gasteiger partial charge on any atom is 0.324 e. The van der Waals surface area contributed by atoms with E-state index in [0.29, 0.717) is 63.0 Å². The molecular formula is C98H170N6O26. The number of urea groups is 2. The summed E-state index contributed by atoms with van der Waals surface area (Å²) in [6.07, 6.45) is -13.7. The van der Waals surface area contributed by atoms with E-state index in [1.54, 1.807) is 111 Å². The highest BCUT2D eigenvalue weighted by Crippen LogP contribution is 2.48. The van der Waals surface area contributed by atoms with Crippen molar-refractivity contribution in [3.63, 3.8) is 0 Å². The number of nitrogens with one attached hydrogen (secondary N) is 2. The molecule has 0 unspecified atom stereocenters. The Balaban J connectivity index is 0.000000356. The summed E-state index contributed by atoms with van der Waals surface area (Å²) in [7, 11) is 9.65. The van der Waals surface area contributed by atoms with Crippen molar-refractivity contribution in [3.05, 3.63) is 60.7 Å². The lowest BCUT2D eigenvalue weighted by Crippen LogP contribution is -2.70. The van der Waals surface area contributed by atoms with E-state index < -0.39 is 215 Å². The van der Waals surface area contributed by atoms with Gasteiger partial charge < -0.3 is 128 Å². The number of aliphatic hydroxyl groups excluding tert-OH is 4. The predicted molar refractivity (Wildman–Crippen MR) is 494 cm³/mol. The van der Waals surface area contributed by atoms with Gasteiger partial charge in [0.05, 0.1) is 96.2 Å². The summed E-state index contributed by atoms with van der Waals surface area (Å²) in [5, 5.41) is 127. The van der Waals surface area contributed by atoms with Gasteiger partial charge in [-0.15, -0.1) is 0 Å². The Morgan fingerprint density at radius 1 is 0.531 bits per heavy atom. The molecule has 2 aromatic rings. The van der Waals surface area contributed by atoms with E-state index in [4.69, 9.17) is 56.8 Å². The first-order valence-corrected chi connectivity index (χ1v) is 47.9. The van der Waals surface area contributed by atoms with Gasteiger partial charge in [0, 0.05) is 91.6 Å². The average Bonchev–Trinajstić information content (AvgIpc) is 0.759. The number of hydrogen-bond donors (Lipinski definition) is 12. The van der Waals surface area contributed by atoms with Gasteiger partial charge in [-0.25, -0.2) is 9.59 Å². The van der Waals surface area contributed by atoms with Crippen LogP contribution in [-0.2, 0) is 66.4 Å². The van der Waals surface area contributed by atoms with E-state index in [9.17, 15) is 70.2 Å². The Labute approximate surface area is 775 Å². The third kappa shape index (κ3) is 26.1. The van der Waals surface area contributed by atoms with E-state index in [-0.39, 0.29) is 75.5 Å². The number of amides is 4. The molecule has 36 atom stereocenters. The number of cyclic esters (lactones) is 2. The van der Waals surface area contributed by atoms with Gasteiger partial charge in [0.2, 0.25) is 0 Å². The summed E-state index contributed by atoms with van der Waals surface area (Å²) in [4.78, 5) is 62.9. The van der Waals surface area contributed by atoms with Crippen LogP contribution in [0.2, 0.25) is 0 Å². The standard InChI is InChI=1S/2C49H85N3O13/c1-15-24-50-28-49(59)34(8)62-38(27-47(49,10)60-14)64-40-32(6)42(65-44-39(53)36(25-31(5)61-44)52(13)45(56)51(12)35-20-18-17-19-21-35)46(9,57)26-29(3)22-23-30(4)41(54)48(11,58)37(16-2)63-43(55)33(40)7;1-15-24-50-28-49(59)34(8)62-38(27-47(49,10)60-14)63-40-32(6)42(65-44-39(54)36(25-31(5)61-44)52(13)45(56)51(12)35-20-18-17-19-21-35)46(9,57)26-29(3)22-23-30(4)41(64-43(55)33(40)7)48(11,58)37(53)16-2/h2*17-21,29-34,36-42,44,50,53-54,57-59H,15-16,22-28H2,1-14H3/t2*29-,30-,31+,32-,33+,34-,36-,37+,38-,39+,40-,41+,42+,44-,46+,47+,48+,49-/m00/s1. The lowest BCUT2D eigenvalue weighted by Gasteiger charge is -2.53. The Hall–Kier alpha value is -4.96. The van der Waals surface area contributed by atoms with Crippen LogP contribution in [0.15, 0.2) is 60.7 Å². The van der Waals surface area contributed by atoms with Gasteiger partial charge in [-0.1, -0.05) is 118 Å². The highest BCUT2D eigenvalue weighted by atomic mass is 16.7. The minimum atomic E-state index is -1.79. The zero-order valence-electron chi connectivity index (χ0n) is 83.5. The number of nitrogens with zero attached hydrogens (tertiary/aromatic N) is 4. The number of aliphatic hydroxyl groups is 10. The van der Waals surface area contributed by atoms with Crippen molar-refractivity contribution in [3.8, 4) is 0 Å². The highest BCUT2D eigenvalue weighted by molar-refractivity contribution is 5.92. The zero-order chi connectivity index (χ0) is 97.6. The Kier molecular flexibility index (Phi) is 40.9. The molecule has 0 spiro atoms. The van der Waals surface area contributed by atoms with Crippen molar-refractivity contribution in [1.82, 2.24) is 20.4 Å². The quantitative estimate of drug-likeness (QED) is 0.0308. The Bertz CT molecular complexity index is 3780. The SMILES string of the molecule is CCCNC[C@]1(O)[C@H](C)O[C@@H](O[C@H]2[C@H](C)[C@@H](O[C@@H]3O[C@H](C)C[C@H](N(C)C(=O)N(C)c4ccccc4)[C@H]3O)[C@](C)(O)C[C@@H](C)CC[C@H](C)[C@@H](O)[C@](C)(O)[C@@H](CC)OC(=O)[C@@H]2C)C[C@@]1(C)OC.CCCNC[C@]1(O)[C@H](C)O[C@@H](O[C@H]2[C@H](C)[C@@H](O[C@@H]3O[C@H](C)C[C@H](N(C)C(=O)N(C)c4ccccc4)[C@H]3O)[C@](C)(O)C[C@@H](C)CC[C@H](C)[C@H]([C@](C)(O)[C@H](O)CC)OC(=O)[C@@H]2C)C[C@@]1(C)OC. The predicted octanol–water partition coefficient (Wildman–Crippen LogP) is 9.99. The maximum absolute atomic E-state index is 14.7. The topological polar surface area (TPSA) is 418 Å². The van der Waals surface area contributed by atoms with Crippen LogP contribution in [0.4, 0.5) is 21.0 Å². The molecule has 6 saturated heterocycles. The first kappa shape index (κ1) is 112. The highest BCUT2D eigenvalue weighted by Gasteiger charge is 2.62. The third-order valence-corrected chi connectivity index (χ3v) is 29.9. The Morgan fingerprint density at radius 2 is 0.900 bits per heavy atom. The fraction of sp³-hybridized carbons (Fsp3) is 0.837. The normalized spacial score (nSPS) is 41.4. The fourth-order valence-corrected chi connectivity index (χ4v) is 21.1. The van der Waals surface area contributed by atoms with E-state index in [0.717, 1.165) is 12.8 Å². The molecule has 0 aromatic heterocycles. The van der Waals surface area contributed by atoms with Crippen LogP contribution < -0.4 is 20.4 Å². The molecule has 130 heavy (non-hydrogen) atoms. The molecule has 0 aliphatic carbocycles. The van der Waals surface area contributed by atoms with Gasteiger partial charge in [0.25, 0.3) is 0 Å². The second-order valence-corrected chi connectivity index (χ2v) is 40.8. The molecule has 748 valence electrons. The van der Waals surface area contributed by atoms with Crippen molar-refractivity contribution in [1.29, 1.82) is 0 Å². The van der Waals surface area contributed by atoms with Crippen LogP contribution in [0.25, 0.3) is 0 Å². The number of benzene rings is 2. The van der Waals surface area contributed by atoms with Gasteiger partial charge in [-0.05, 0) is 208 Å². The largest absolute Gasteiger partial charge is 0.459 e. The maximum atomic E-state index is 14.7. The van der Waals surface area contributed by atoms with Gasteiger partial charge in [0.1, 0.15) is 58.0 Å². The lowest BCUT2D eigenvalue weighted by molar-refractivity contribution is -0.336. The van der Waals surface area contributed by atoms with E-state index in [2.05, 4.69) is 10.6 Å². The van der Waals surface area contributed by atoms with E-state index >= 15 is 0 Å². The molecule has 32 nitrogen and oxygen atoms in total. The number of para-hydroxylation sites is 2. The van der Waals surface area contributed by atoms with Crippen molar-refractivity contribution in [2.24, 2.45) is 47.3 Å². The molecule has 0 bridgehead atoms. The summed E-state index contributed by atoms with van der Waals surface area (Å²) in [6, 6.07) is 16.2. The van der Waals surface area contributed by atoms with Crippen LogP contribution >= 0.6 is 0 Å². The van der Waals surface area contributed by atoms with Crippen molar-refractivity contribution >= 4 is 35.4 Å². The van der Waals surface area contributed by atoms with Crippen molar-refractivity contribution in [2.45, 2.75) is 410 Å². The van der Waals surface area contributed by atoms with Crippen LogP contribution in [0, 0.1) is 47.3 Å². The number of carbonyl (C=O) groups is 4. The molecule has 6 aliphatic heterocycles. The number of carbonyl (C=O) groups excluding carboxylic acids is 4. The Morgan fingerprint density at radius 3 is 1.25 bits per heavy atom. The second-order valence-electron chi connectivity index (χ2n) is 40.8. The first-order chi connectivity index (χ1) is 60.6. The first-order valence-electron chi connectivity index (χ1n) is 47.9. The number of anilines is 2. The molecule has 2 aromatic carbocycles. The number of rotatable bonds is 26. The number of hydrogen-bond acceptors (Lipinski definition) is 28.